The van der Waals surface area contributed by atoms with Gasteiger partial charge in [0.05, 0.1) is 18.6 Å². The summed E-state index contributed by atoms with van der Waals surface area (Å²) in [6.07, 6.45) is 0.234. The van der Waals surface area contributed by atoms with Crippen LogP contribution in [-0.2, 0) is 9.53 Å². The Morgan fingerprint density at radius 3 is 2.56 bits per heavy atom. The maximum atomic E-state index is 12.1. The molecule has 0 N–H and O–H groups in total. The highest BCUT2D eigenvalue weighted by Gasteiger charge is 2.17. The van der Waals surface area contributed by atoms with Gasteiger partial charge in [-0.25, -0.2) is 0 Å². The molecule has 0 bridgehead atoms. The Labute approximate surface area is 112 Å². The molecule has 0 saturated carbocycles. The van der Waals surface area contributed by atoms with Crippen molar-refractivity contribution in [3.8, 4) is 0 Å². The summed E-state index contributed by atoms with van der Waals surface area (Å²) < 4.78 is 4.83. The lowest BCUT2D eigenvalue weighted by Crippen LogP contribution is -2.29. The zero-order chi connectivity index (χ0) is 13.7. The molecule has 0 aromatic carbocycles. The van der Waals surface area contributed by atoms with Gasteiger partial charge in [0.1, 0.15) is 0 Å². The van der Waals surface area contributed by atoms with E-state index >= 15 is 0 Å². The number of aryl methyl sites for hydroxylation is 1. The minimum absolute atomic E-state index is 0.0406. The molecule has 1 heterocycles. The molecule has 1 amide bonds. The van der Waals surface area contributed by atoms with Crippen LogP contribution in [0.1, 0.15) is 34.1 Å². The highest BCUT2D eigenvalue weighted by atomic mass is 32.1. The predicted octanol–water partition coefficient (Wildman–Crippen LogP) is 2.39. The first-order valence-corrected chi connectivity index (χ1v) is 6.81. The smallest absolute Gasteiger partial charge is 0.307 e. The Bertz CT molecular complexity index is 439. The highest BCUT2D eigenvalue weighted by Crippen LogP contribution is 2.21. The van der Waals surface area contributed by atoms with Gasteiger partial charge in [0.2, 0.25) is 0 Å². The van der Waals surface area contributed by atoms with Gasteiger partial charge in [-0.2, -0.15) is 0 Å². The van der Waals surface area contributed by atoms with Crippen molar-refractivity contribution in [2.45, 2.75) is 27.2 Å². The van der Waals surface area contributed by atoms with Crippen molar-refractivity contribution in [3.05, 3.63) is 21.4 Å². The van der Waals surface area contributed by atoms with Crippen LogP contribution >= 0.6 is 11.3 Å². The highest BCUT2D eigenvalue weighted by molar-refractivity contribution is 7.10. The number of nitrogens with zero attached hydrogens (tertiary/aromatic N) is 1. The molecule has 0 aliphatic heterocycles. The first kappa shape index (κ1) is 14.7. The zero-order valence-electron chi connectivity index (χ0n) is 11.3. The number of carbonyl (C=O) groups excluding carboxylic acids is 2. The molecule has 5 heteroatoms. The molecular weight excluding hydrogens is 250 g/mol. The van der Waals surface area contributed by atoms with E-state index in [1.165, 1.54) is 0 Å². The van der Waals surface area contributed by atoms with E-state index < -0.39 is 0 Å². The average Bonchev–Trinajstić information content (AvgIpc) is 2.66. The molecule has 0 fully saturated rings. The number of hydrogen-bond acceptors (Lipinski definition) is 4. The van der Waals surface area contributed by atoms with Crippen LogP contribution in [0.15, 0.2) is 5.38 Å². The fourth-order valence-electron chi connectivity index (χ4n) is 1.52. The molecular formula is C13H19NO3S. The lowest BCUT2D eigenvalue weighted by atomic mass is 10.1. The first-order valence-electron chi connectivity index (χ1n) is 5.93. The Morgan fingerprint density at radius 2 is 2.06 bits per heavy atom. The molecule has 1 aromatic heterocycles. The molecule has 1 rings (SSSR count). The van der Waals surface area contributed by atoms with Crippen LogP contribution in [0.4, 0.5) is 0 Å². The molecule has 100 valence electrons. The average molecular weight is 269 g/mol. The molecule has 18 heavy (non-hydrogen) atoms. The van der Waals surface area contributed by atoms with E-state index in [0.717, 1.165) is 16.0 Å². The third-order valence-electron chi connectivity index (χ3n) is 2.82. The number of carbonyl (C=O) groups is 2. The molecule has 0 unspecified atom stereocenters. The summed E-state index contributed by atoms with van der Waals surface area (Å²) in [5, 5.41) is 1.87. The van der Waals surface area contributed by atoms with E-state index in [0.29, 0.717) is 13.2 Å². The van der Waals surface area contributed by atoms with Gasteiger partial charge in [0.25, 0.3) is 5.91 Å². The Kier molecular flexibility index (Phi) is 5.34. The van der Waals surface area contributed by atoms with Crippen LogP contribution in [0.3, 0.4) is 0 Å². The van der Waals surface area contributed by atoms with E-state index in [-0.39, 0.29) is 18.3 Å². The monoisotopic (exact) mass is 269 g/mol. The minimum atomic E-state index is -0.268. The van der Waals surface area contributed by atoms with Gasteiger partial charge in [-0.3, -0.25) is 9.59 Å². The standard InChI is InChI=1S/C13H19NO3S/c1-5-17-12(15)6-7-14(4)13(16)11-8-18-10(3)9(11)2/h8H,5-7H2,1-4H3. The summed E-state index contributed by atoms with van der Waals surface area (Å²) in [5.74, 6) is -0.309. The third kappa shape index (κ3) is 3.57. The maximum Gasteiger partial charge on any atom is 0.307 e. The van der Waals surface area contributed by atoms with Gasteiger partial charge in [-0.1, -0.05) is 0 Å². The molecule has 0 atom stereocenters. The molecule has 1 aromatic rings. The van der Waals surface area contributed by atoms with Gasteiger partial charge < -0.3 is 9.64 Å². The molecule has 0 aliphatic rings. The van der Waals surface area contributed by atoms with Gasteiger partial charge in [0.15, 0.2) is 0 Å². The molecule has 0 aliphatic carbocycles. The normalized spacial score (nSPS) is 10.2. The summed E-state index contributed by atoms with van der Waals surface area (Å²) in [5.41, 5.74) is 1.75. The topological polar surface area (TPSA) is 46.6 Å². The molecule has 0 spiro atoms. The van der Waals surface area contributed by atoms with Crippen LogP contribution in [0.2, 0.25) is 0 Å². The van der Waals surface area contributed by atoms with Crippen molar-refractivity contribution < 1.29 is 14.3 Å². The van der Waals surface area contributed by atoms with Crippen molar-refractivity contribution in [1.82, 2.24) is 4.90 Å². The summed E-state index contributed by atoms with van der Waals surface area (Å²) in [6, 6.07) is 0. The number of thiophene rings is 1. The summed E-state index contributed by atoms with van der Waals surface area (Å²) in [6.45, 7) is 6.46. The van der Waals surface area contributed by atoms with Crippen LogP contribution in [0, 0.1) is 13.8 Å². The van der Waals surface area contributed by atoms with Crippen molar-refractivity contribution in [2.75, 3.05) is 20.2 Å². The fourth-order valence-corrected chi connectivity index (χ4v) is 2.38. The van der Waals surface area contributed by atoms with Crippen LogP contribution in [-0.4, -0.2) is 37.0 Å². The van der Waals surface area contributed by atoms with Crippen LogP contribution in [0.5, 0.6) is 0 Å². The van der Waals surface area contributed by atoms with Gasteiger partial charge in [-0.05, 0) is 26.3 Å². The van der Waals surface area contributed by atoms with Crippen molar-refractivity contribution in [2.24, 2.45) is 0 Å². The van der Waals surface area contributed by atoms with E-state index in [4.69, 9.17) is 4.74 Å². The maximum absolute atomic E-state index is 12.1. The van der Waals surface area contributed by atoms with Crippen molar-refractivity contribution in [3.63, 3.8) is 0 Å². The van der Waals surface area contributed by atoms with Crippen LogP contribution in [0.25, 0.3) is 0 Å². The second kappa shape index (κ2) is 6.54. The number of ether oxygens (including phenoxy) is 1. The Hall–Kier alpha value is -1.36. The SMILES string of the molecule is CCOC(=O)CCN(C)C(=O)c1csc(C)c1C. The van der Waals surface area contributed by atoms with E-state index in [9.17, 15) is 9.59 Å². The van der Waals surface area contributed by atoms with Gasteiger partial charge >= 0.3 is 5.97 Å². The predicted molar refractivity (Wildman–Crippen MR) is 72.0 cm³/mol. The van der Waals surface area contributed by atoms with Crippen molar-refractivity contribution >= 4 is 23.2 Å². The minimum Gasteiger partial charge on any atom is -0.466 e. The number of amides is 1. The third-order valence-corrected chi connectivity index (χ3v) is 3.83. The lowest BCUT2D eigenvalue weighted by Gasteiger charge is -2.16. The quantitative estimate of drug-likeness (QED) is 0.771. The Morgan fingerprint density at radius 1 is 1.39 bits per heavy atom. The molecule has 0 saturated heterocycles. The Balaban J connectivity index is 2.57. The van der Waals surface area contributed by atoms with E-state index in [2.05, 4.69) is 0 Å². The van der Waals surface area contributed by atoms with Gasteiger partial charge in [0, 0.05) is 23.8 Å². The summed E-state index contributed by atoms with van der Waals surface area (Å²) >= 11 is 1.57. The lowest BCUT2D eigenvalue weighted by molar-refractivity contribution is -0.143. The fraction of sp³-hybridized carbons (Fsp3) is 0.538. The number of esters is 1. The molecule has 0 radical (unpaired) electrons. The number of rotatable bonds is 5. The second-order valence-corrected chi connectivity index (χ2v) is 5.20. The van der Waals surface area contributed by atoms with Gasteiger partial charge in [-0.15, -0.1) is 11.3 Å². The molecule has 4 nitrogen and oxygen atoms in total. The van der Waals surface area contributed by atoms with Crippen LogP contribution < -0.4 is 0 Å². The second-order valence-electron chi connectivity index (χ2n) is 4.11. The van der Waals surface area contributed by atoms with E-state index in [1.54, 1.807) is 30.2 Å². The van der Waals surface area contributed by atoms with Crippen molar-refractivity contribution in [1.29, 1.82) is 0 Å². The summed E-state index contributed by atoms with van der Waals surface area (Å²) in [4.78, 5) is 26.1. The first-order chi connectivity index (χ1) is 8.47. The van der Waals surface area contributed by atoms with E-state index in [1.807, 2.05) is 19.2 Å². The zero-order valence-corrected chi connectivity index (χ0v) is 12.1. The summed E-state index contributed by atoms with van der Waals surface area (Å²) in [7, 11) is 1.70. The number of hydrogen-bond donors (Lipinski definition) is 0. The largest absolute Gasteiger partial charge is 0.466 e.